The Labute approximate surface area is 100 Å². The lowest BCUT2D eigenvalue weighted by Gasteiger charge is -2.24. The van der Waals surface area contributed by atoms with Crippen LogP contribution in [0.2, 0.25) is 0 Å². The highest BCUT2D eigenvalue weighted by atomic mass is 16.5. The van der Waals surface area contributed by atoms with Crippen molar-refractivity contribution in [1.29, 1.82) is 0 Å². The summed E-state index contributed by atoms with van der Waals surface area (Å²) in [6.45, 7) is 3.39. The first kappa shape index (κ1) is 12.4. The summed E-state index contributed by atoms with van der Waals surface area (Å²) in [5.74, 6) is 1.87. The van der Waals surface area contributed by atoms with Crippen molar-refractivity contribution in [1.82, 2.24) is 5.32 Å². The van der Waals surface area contributed by atoms with E-state index in [0.717, 1.165) is 24.5 Å². The molecule has 1 aliphatic heterocycles. The zero-order valence-electron chi connectivity index (χ0n) is 10.9. The first-order valence-electron chi connectivity index (χ1n) is 7.08. The van der Waals surface area contributed by atoms with Gasteiger partial charge in [-0.2, -0.15) is 0 Å². The Morgan fingerprint density at radius 1 is 1.31 bits per heavy atom. The number of ether oxygens (including phenoxy) is 1. The molecule has 16 heavy (non-hydrogen) atoms. The van der Waals surface area contributed by atoms with E-state index in [1.54, 1.807) is 0 Å². The van der Waals surface area contributed by atoms with Crippen LogP contribution in [0.4, 0.5) is 0 Å². The minimum atomic E-state index is 0.565. The fourth-order valence-electron chi connectivity index (χ4n) is 3.47. The molecule has 4 unspecified atom stereocenters. The van der Waals surface area contributed by atoms with Crippen molar-refractivity contribution in [3.63, 3.8) is 0 Å². The minimum absolute atomic E-state index is 0.565. The van der Waals surface area contributed by atoms with Gasteiger partial charge in [-0.3, -0.25) is 0 Å². The Kier molecular flexibility index (Phi) is 4.66. The van der Waals surface area contributed by atoms with Gasteiger partial charge in [-0.25, -0.2) is 0 Å². The molecule has 2 fully saturated rings. The zero-order valence-corrected chi connectivity index (χ0v) is 10.9. The number of rotatable bonds is 5. The Bertz CT molecular complexity index is 201. The Balaban J connectivity index is 1.72. The summed E-state index contributed by atoms with van der Waals surface area (Å²) in [6.07, 6.45) is 9.98. The number of hydrogen-bond donors (Lipinski definition) is 1. The van der Waals surface area contributed by atoms with Crippen LogP contribution in [0.5, 0.6) is 0 Å². The molecule has 0 amide bonds. The van der Waals surface area contributed by atoms with Crippen LogP contribution in [0.15, 0.2) is 0 Å². The number of hydrogen-bond acceptors (Lipinski definition) is 2. The highest BCUT2D eigenvalue weighted by Gasteiger charge is 2.28. The molecule has 1 saturated heterocycles. The molecule has 0 spiro atoms. The third-order valence-corrected chi connectivity index (χ3v) is 4.50. The molecular weight excluding hydrogens is 198 g/mol. The molecule has 2 nitrogen and oxygen atoms in total. The predicted octanol–water partition coefficient (Wildman–Crippen LogP) is 2.97. The molecule has 0 aromatic heterocycles. The molecule has 0 aromatic carbocycles. The van der Waals surface area contributed by atoms with Crippen LogP contribution in [0.25, 0.3) is 0 Å². The van der Waals surface area contributed by atoms with Gasteiger partial charge in [0.25, 0.3) is 0 Å². The van der Waals surface area contributed by atoms with Gasteiger partial charge in [0, 0.05) is 12.6 Å². The summed E-state index contributed by atoms with van der Waals surface area (Å²) in [6, 6.07) is 0.731. The third kappa shape index (κ3) is 3.21. The molecular formula is C14H27NO. The van der Waals surface area contributed by atoms with Gasteiger partial charge >= 0.3 is 0 Å². The van der Waals surface area contributed by atoms with E-state index in [1.165, 1.54) is 44.9 Å². The van der Waals surface area contributed by atoms with Crippen LogP contribution in [-0.4, -0.2) is 25.8 Å². The van der Waals surface area contributed by atoms with E-state index >= 15 is 0 Å². The third-order valence-electron chi connectivity index (χ3n) is 4.50. The lowest BCUT2D eigenvalue weighted by atomic mass is 9.92. The molecule has 2 aliphatic rings. The van der Waals surface area contributed by atoms with E-state index in [-0.39, 0.29) is 0 Å². The SMILES string of the molecule is CNC(CCC1CCCO1)C1CCC(C)C1. The van der Waals surface area contributed by atoms with Gasteiger partial charge in [-0.1, -0.05) is 13.3 Å². The Hall–Kier alpha value is -0.0800. The topological polar surface area (TPSA) is 21.3 Å². The van der Waals surface area contributed by atoms with Crippen LogP contribution in [0, 0.1) is 11.8 Å². The van der Waals surface area contributed by atoms with Crippen molar-refractivity contribution in [3.8, 4) is 0 Å². The number of nitrogens with one attached hydrogen (secondary N) is 1. The summed E-state index contributed by atoms with van der Waals surface area (Å²) in [5.41, 5.74) is 0. The molecule has 4 atom stereocenters. The smallest absolute Gasteiger partial charge is 0.0576 e. The van der Waals surface area contributed by atoms with Crippen LogP contribution in [-0.2, 0) is 4.74 Å². The molecule has 1 heterocycles. The summed E-state index contributed by atoms with van der Waals surface area (Å²) in [4.78, 5) is 0. The second-order valence-electron chi connectivity index (χ2n) is 5.79. The Morgan fingerprint density at radius 3 is 2.75 bits per heavy atom. The van der Waals surface area contributed by atoms with Crippen molar-refractivity contribution in [2.45, 2.75) is 64.0 Å². The molecule has 2 heteroatoms. The molecule has 0 aromatic rings. The Morgan fingerprint density at radius 2 is 2.19 bits per heavy atom. The van der Waals surface area contributed by atoms with E-state index in [9.17, 15) is 0 Å². The van der Waals surface area contributed by atoms with E-state index in [0.29, 0.717) is 6.10 Å². The van der Waals surface area contributed by atoms with E-state index in [2.05, 4.69) is 19.3 Å². The normalized spacial score (nSPS) is 36.8. The minimum Gasteiger partial charge on any atom is -0.378 e. The van der Waals surface area contributed by atoms with Crippen LogP contribution in [0.1, 0.15) is 51.9 Å². The van der Waals surface area contributed by atoms with Crippen molar-refractivity contribution in [2.75, 3.05) is 13.7 Å². The molecule has 94 valence electrons. The largest absolute Gasteiger partial charge is 0.378 e. The van der Waals surface area contributed by atoms with Gasteiger partial charge in [0.15, 0.2) is 0 Å². The lowest BCUT2D eigenvalue weighted by molar-refractivity contribution is 0.0975. The summed E-state index contributed by atoms with van der Waals surface area (Å²) in [7, 11) is 2.13. The van der Waals surface area contributed by atoms with Gasteiger partial charge in [0.1, 0.15) is 0 Å². The molecule has 1 aliphatic carbocycles. The van der Waals surface area contributed by atoms with Crippen molar-refractivity contribution in [3.05, 3.63) is 0 Å². The lowest BCUT2D eigenvalue weighted by Crippen LogP contribution is -2.33. The quantitative estimate of drug-likeness (QED) is 0.776. The van der Waals surface area contributed by atoms with Crippen molar-refractivity contribution >= 4 is 0 Å². The van der Waals surface area contributed by atoms with Gasteiger partial charge in [0.2, 0.25) is 0 Å². The fourth-order valence-corrected chi connectivity index (χ4v) is 3.47. The maximum Gasteiger partial charge on any atom is 0.0576 e. The van der Waals surface area contributed by atoms with Gasteiger partial charge in [-0.15, -0.1) is 0 Å². The summed E-state index contributed by atoms with van der Waals surface area (Å²) >= 11 is 0. The van der Waals surface area contributed by atoms with Gasteiger partial charge < -0.3 is 10.1 Å². The second-order valence-corrected chi connectivity index (χ2v) is 5.79. The standard InChI is InChI=1S/C14H27NO/c1-11-5-6-12(10-11)14(15-2)8-7-13-4-3-9-16-13/h11-15H,3-10H2,1-2H3. The van der Waals surface area contributed by atoms with Crippen LogP contribution in [0.3, 0.4) is 0 Å². The fraction of sp³-hybridized carbons (Fsp3) is 1.00. The monoisotopic (exact) mass is 225 g/mol. The van der Waals surface area contributed by atoms with Crippen molar-refractivity contribution < 1.29 is 4.74 Å². The van der Waals surface area contributed by atoms with Gasteiger partial charge in [-0.05, 0) is 57.4 Å². The molecule has 1 N–H and O–H groups in total. The van der Waals surface area contributed by atoms with Crippen LogP contribution >= 0.6 is 0 Å². The molecule has 0 bridgehead atoms. The van der Waals surface area contributed by atoms with E-state index in [4.69, 9.17) is 4.74 Å². The second kappa shape index (κ2) is 6.02. The summed E-state index contributed by atoms with van der Waals surface area (Å²) < 4.78 is 5.70. The van der Waals surface area contributed by atoms with E-state index in [1.807, 2.05) is 0 Å². The van der Waals surface area contributed by atoms with Gasteiger partial charge in [0.05, 0.1) is 6.10 Å². The van der Waals surface area contributed by atoms with E-state index < -0.39 is 0 Å². The predicted molar refractivity (Wildman–Crippen MR) is 67.6 cm³/mol. The highest BCUT2D eigenvalue weighted by molar-refractivity contribution is 4.83. The zero-order chi connectivity index (χ0) is 11.4. The first-order valence-corrected chi connectivity index (χ1v) is 7.08. The maximum absolute atomic E-state index is 5.70. The maximum atomic E-state index is 5.70. The molecule has 2 rings (SSSR count). The first-order chi connectivity index (χ1) is 7.79. The average molecular weight is 225 g/mol. The van der Waals surface area contributed by atoms with Crippen molar-refractivity contribution in [2.24, 2.45) is 11.8 Å². The van der Waals surface area contributed by atoms with Crippen LogP contribution < -0.4 is 5.32 Å². The highest BCUT2D eigenvalue weighted by Crippen LogP contribution is 2.34. The molecule has 0 radical (unpaired) electrons. The summed E-state index contributed by atoms with van der Waals surface area (Å²) in [5, 5.41) is 3.53. The average Bonchev–Trinajstić information content (AvgIpc) is 2.91. The molecule has 1 saturated carbocycles.